The van der Waals surface area contributed by atoms with Gasteiger partial charge in [-0.2, -0.15) is 12.7 Å². The van der Waals surface area contributed by atoms with Crippen LogP contribution in [-0.2, 0) is 15.8 Å². The Morgan fingerprint density at radius 1 is 1.14 bits per heavy atom. The summed E-state index contributed by atoms with van der Waals surface area (Å²) in [5.41, 5.74) is 0.481. The van der Waals surface area contributed by atoms with E-state index in [0.29, 0.717) is 11.4 Å². The highest BCUT2D eigenvalue weighted by molar-refractivity contribution is 7.90. The van der Waals surface area contributed by atoms with Crippen molar-refractivity contribution in [3.63, 3.8) is 0 Å². The van der Waals surface area contributed by atoms with Crippen molar-refractivity contribution in [3.05, 3.63) is 82.3 Å². The third kappa shape index (κ3) is 5.73. The number of hydrogen-bond acceptors (Lipinski definition) is 5. The van der Waals surface area contributed by atoms with E-state index in [1.165, 1.54) is 38.5 Å². The van der Waals surface area contributed by atoms with Crippen LogP contribution in [0.4, 0.5) is 15.9 Å². The minimum Gasteiger partial charge on any atom is -0.386 e. The Labute approximate surface area is 204 Å². The van der Waals surface area contributed by atoms with Gasteiger partial charge < -0.3 is 10.1 Å². The fourth-order valence-electron chi connectivity index (χ4n) is 3.25. The number of carbonyl (C=O) groups excluding carboxylic acids is 1. The fourth-order valence-corrected chi connectivity index (χ4v) is 3.87. The maximum Gasteiger partial charge on any atom is 0.301 e. The first-order valence-electron chi connectivity index (χ1n) is 10.6. The lowest BCUT2D eigenvalue weighted by Gasteiger charge is -2.17. The number of nitrogens with one attached hydrogen (secondary N) is 2. The normalized spacial score (nSPS) is 12.3. The molecule has 3 N–H and O–H groups in total. The van der Waals surface area contributed by atoms with E-state index in [2.05, 4.69) is 21.4 Å². The summed E-state index contributed by atoms with van der Waals surface area (Å²) in [4.78, 5) is 20.0. The molecule has 0 bridgehead atoms. The standard InChI is InChI=1S/C25H27FN4O4S/c1-25(2,32)17-12-9-16(10-13-17)11-14-18-20(15-28-24(18)27-3)23(31)19-7-6-8-21(22(19)26)29-35(33,34)30(4)5/h6-15,28-29,32H,3H2,1-2,4-5H3/b14-11+. The molecule has 0 spiro atoms. The van der Waals surface area contributed by atoms with Crippen LogP contribution in [0.2, 0.25) is 0 Å². The number of H-pyrrole nitrogens is 1. The van der Waals surface area contributed by atoms with Crippen molar-refractivity contribution < 1.29 is 22.7 Å². The number of nitrogens with zero attached hydrogens (tertiary/aromatic N) is 2. The van der Waals surface area contributed by atoms with Gasteiger partial charge in [-0.15, -0.1) is 0 Å². The number of carbonyl (C=O) groups is 1. The van der Waals surface area contributed by atoms with Crippen molar-refractivity contribution in [3.8, 4) is 0 Å². The molecule has 0 amide bonds. The van der Waals surface area contributed by atoms with Gasteiger partial charge in [-0.05, 0) is 49.9 Å². The molecule has 1 heterocycles. The van der Waals surface area contributed by atoms with Crippen LogP contribution in [0.25, 0.3) is 12.2 Å². The number of aliphatic hydroxyl groups is 1. The van der Waals surface area contributed by atoms with E-state index in [4.69, 9.17) is 0 Å². The monoisotopic (exact) mass is 498 g/mol. The second-order valence-electron chi connectivity index (χ2n) is 8.52. The Morgan fingerprint density at radius 3 is 2.37 bits per heavy atom. The van der Waals surface area contributed by atoms with Gasteiger partial charge in [0.2, 0.25) is 0 Å². The highest BCUT2D eigenvalue weighted by Crippen LogP contribution is 2.29. The summed E-state index contributed by atoms with van der Waals surface area (Å²) < 4.78 is 42.4. The number of hydrogen-bond donors (Lipinski definition) is 3. The second-order valence-corrected chi connectivity index (χ2v) is 10.4. The quantitative estimate of drug-likeness (QED) is 0.301. The molecule has 3 aromatic rings. The molecular weight excluding hydrogens is 471 g/mol. The third-order valence-electron chi connectivity index (χ3n) is 5.32. The predicted molar refractivity (Wildman–Crippen MR) is 137 cm³/mol. The first-order valence-corrected chi connectivity index (χ1v) is 12.0. The van der Waals surface area contributed by atoms with E-state index in [0.717, 1.165) is 15.4 Å². The molecule has 0 aliphatic carbocycles. The van der Waals surface area contributed by atoms with E-state index >= 15 is 4.39 Å². The molecule has 0 atom stereocenters. The van der Waals surface area contributed by atoms with Crippen LogP contribution in [0.15, 0.2) is 53.7 Å². The predicted octanol–water partition coefficient (Wildman–Crippen LogP) is 4.33. The van der Waals surface area contributed by atoms with Gasteiger partial charge in [-0.3, -0.25) is 9.52 Å². The number of rotatable bonds is 9. The van der Waals surface area contributed by atoms with E-state index in [-0.39, 0.29) is 16.8 Å². The van der Waals surface area contributed by atoms with E-state index in [1.54, 1.807) is 38.1 Å². The van der Waals surface area contributed by atoms with Gasteiger partial charge in [0.25, 0.3) is 0 Å². The number of anilines is 1. The molecule has 0 unspecified atom stereocenters. The van der Waals surface area contributed by atoms with Crippen molar-refractivity contribution in [2.75, 3.05) is 18.8 Å². The summed E-state index contributed by atoms with van der Waals surface area (Å²) in [7, 11) is -1.36. The Hall–Kier alpha value is -3.60. The molecule has 3 rings (SSSR count). The van der Waals surface area contributed by atoms with Gasteiger partial charge in [0, 0.05) is 31.4 Å². The molecule has 0 saturated heterocycles. The van der Waals surface area contributed by atoms with Crippen LogP contribution in [0.1, 0.15) is 46.5 Å². The lowest BCUT2D eigenvalue weighted by Crippen LogP contribution is -2.29. The van der Waals surface area contributed by atoms with Gasteiger partial charge in [0.05, 0.1) is 16.9 Å². The van der Waals surface area contributed by atoms with E-state index in [9.17, 15) is 18.3 Å². The molecule has 1 aromatic heterocycles. The average Bonchev–Trinajstić information content (AvgIpc) is 3.21. The maximum atomic E-state index is 15.2. The molecule has 0 radical (unpaired) electrons. The third-order valence-corrected chi connectivity index (χ3v) is 6.76. The van der Waals surface area contributed by atoms with Crippen molar-refractivity contribution in [2.24, 2.45) is 4.99 Å². The summed E-state index contributed by atoms with van der Waals surface area (Å²) in [5, 5.41) is 10.1. The zero-order valence-electron chi connectivity index (χ0n) is 19.8. The lowest BCUT2D eigenvalue weighted by molar-refractivity contribution is 0.0786. The summed E-state index contributed by atoms with van der Waals surface area (Å²) in [6, 6.07) is 11.1. The van der Waals surface area contributed by atoms with Gasteiger partial charge >= 0.3 is 10.2 Å². The minimum atomic E-state index is -3.96. The largest absolute Gasteiger partial charge is 0.386 e. The molecule has 0 fully saturated rings. The highest BCUT2D eigenvalue weighted by atomic mass is 32.2. The Bertz CT molecular complexity index is 1390. The van der Waals surface area contributed by atoms with Crippen molar-refractivity contribution in [1.82, 2.24) is 9.29 Å². The van der Waals surface area contributed by atoms with Gasteiger partial charge in [0.1, 0.15) is 5.82 Å². The summed E-state index contributed by atoms with van der Waals surface area (Å²) >= 11 is 0. The van der Waals surface area contributed by atoms with E-state index in [1.807, 2.05) is 12.1 Å². The summed E-state index contributed by atoms with van der Waals surface area (Å²) in [5.74, 6) is -1.33. The Kier molecular flexibility index (Phi) is 7.39. The Morgan fingerprint density at radius 2 is 1.80 bits per heavy atom. The van der Waals surface area contributed by atoms with Gasteiger partial charge in [-0.25, -0.2) is 9.38 Å². The summed E-state index contributed by atoms with van der Waals surface area (Å²) in [6.07, 6.45) is 4.81. The van der Waals surface area contributed by atoms with Gasteiger partial charge in [-0.1, -0.05) is 36.4 Å². The molecule has 8 nitrogen and oxygen atoms in total. The number of aromatic amines is 1. The minimum absolute atomic E-state index is 0.142. The van der Waals surface area contributed by atoms with Crippen LogP contribution in [0, 0.1) is 5.82 Å². The zero-order valence-corrected chi connectivity index (χ0v) is 20.6. The van der Waals surface area contributed by atoms with Crippen LogP contribution in [0.3, 0.4) is 0 Å². The lowest BCUT2D eigenvalue weighted by atomic mass is 9.97. The summed E-state index contributed by atoms with van der Waals surface area (Å²) in [6.45, 7) is 6.89. The molecule has 35 heavy (non-hydrogen) atoms. The zero-order chi connectivity index (χ0) is 26.0. The Balaban J connectivity index is 1.97. The smallest absolute Gasteiger partial charge is 0.301 e. The van der Waals surface area contributed by atoms with Gasteiger partial charge in [0.15, 0.2) is 11.6 Å². The van der Waals surface area contributed by atoms with Crippen molar-refractivity contribution in [2.45, 2.75) is 19.4 Å². The second kappa shape index (κ2) is 9.95. The molecule has 10 heteroatoms. The van der Waals surface area contributed by atoms with Crippen LogP contribution in [0.5, 0.6) is 0 Å². The number of benzene rings is 2. The molecule has 0 saturated carbocycles. The molecule has 2 aromatic carbocycles. The topological polar surface area (TPSA) is 115 Å². The first-order chi connectivity index (χ1) is 16.3. The molecule has 0 aliphatic heterocycles. The fraction of sp³-hybridized carbons (Fsp3) is 0.200. The van der Waals surface area contributed by atoms with E-state index < -0.39 is 27.4 Å². The van der Waals surface area contributed by atoms with Crippen LogP contribution in [-0.4, -0.2) is 49.4 Å². The first kappa shape index (κ1) is 26.0. The average molecular weight is 499 g/mol. The van der Waals surface area contributed by atoms with Crippen LogP contribution >= 0.6 is 0 Å². The molecule has 0 aliphatic rings. The number of ketones is 1. The van der Waals surface area contributed by atoms with Crippen molar-refractivity contribution >= 4 is 46.4 Å². The van der Waals surface area contributed by atoms with Crippen molar-refractivity contribution in [1.29, 1.82) is 0 Å². The maximum absolute atomic E-state index is 15.2. The number of aromatic nitrogens is 1. The molecule has 184 valence electrons. The SMILES string of the molecule is C=Nc1[nH]cc(C(=O)c2cccc(NS(=O)(=O)N(C)C)c2F)c1/C=C/c1ccc(C(C)(C)O)cc1. The van der Waals surface area contributed by atoms with Crippen LogP contribution < -0.4 is 4.72 Å². The number of aliphatic imine (C=N–C) groups is 1. The highest BCUT2D eigenvalue weighted by Gasteiger charge is 2.23. The molecular formula is C25H27FN4O4S. The number of halogens is 1.